The Bertz CT molecular complexity index is 151. The van der Waals surface area contributed by atoms with Gasteiger partial charge in [-0.25, -0.2) is 0 Å². The maximum atomic E-state index is 9.22. The lowest BCUT2D eigenvalue weighted by Gasteiger charge is -2.23. The summed E-state index contributed by atoms with van der Waals surface area (Å²) in [5.74, 6) is 1.38. The van der Waals surface area contributed by atoms with Crippen molar-refractivity contribution in [3.05, 3.63) is 0 Å². The van der Waals surface area contributed by atoms with Gasteiger partial charge in [-0.1, -0.05) is 39.5 Å². The van der Waals surface area contributed by atoms with E-state index in [4.69, 9.17) is 0 Å². The molecule has 0 bridgehead atoms. The van der Waals surface area contributed by atoms with Crippen molar-refractivity contribution in [3.63, 3.8) is 0 Å². The van der Waals surface area contributed by atoms with Crippen LogP contribution in [0.15, 0.2) is 0 Å². The maximum Gasteiger partial charge on any atom is 0.0587 e. The number of aliphatic hydroxyl groups excluding tert-OH is 1. The Morgan fingerprint density at radius 1 is 1.13 bits per heavy atom. The Hall–Kier alpha value is -0.0800. The van der Waals surface area contributed by atoms with E-state index in [9.17, 15) is 5.11 Å². The lowest BCUT2D eigenvalue weighted by Crippen LogP contribution is -2.39. The second kappa shape index (κ2) is 7.24. The van der Waals surface area contributed by atoms with Crippen LogP contribution in [-0.4, -0.2) is 24.3 Å². The van der Waals surface area contributed by atoms with Crippen LogP contribution in [0.5, 0.6) is 0 Å². The van der Waals surface area contributed by atoms with E-state index < -0.39 is 0 Å². The first kappa shape index (κ1) is 13.0. The zero-order valence-electron chi connectivity index (χ0n) is 10.3. The third-order valence-electron chi connectivity index (χ3n) is 3.64. The normalized spacial score (nSPS) is 21.6. The third-order valence-corrected chi connectivity index (χ3v) is 3.64. The smallest absolute Gasteiger partial charge is 0.0587 e. The molecule has 0 aromatic heterocycles. The van der Waals surface area contributed by atoms with Crippen LogP contribution in [0.4, 0.5) is 0 Å². The van der Waals surface area contributed by atoms with Gasteiger partial charge in [-0.3, -0.25) is 0 Å². The molecular weight excluding hydrogens is 186 g/mol. The van der Waals surface area contributed by atoms with Gasteiger partial charge in [-0.2, -0.15) is 0 Å². The van der Waals surface area contributed by atoms with Crippen molar-refractivity contribution in [1.29, 1.82) is 0 Å². The Balaban J connectivity index is 2.21. The van der Waals surface area contributed by atoms with Gasteiger partial charge in [0.2, 0.25) is 0 Å². The Kier molecular flexibility index (Phi) is 6.26. The molecule has 0 aromatic carbocycles. The Morgan fingerprint density at radius 2 is 1.73 bits per heavy atom. The first-order chi connectivity index (χ1) is 7.24. The van der Waals surface area contributed by atoms with Crippen molar-refractivity contribution in [3.8, 4) is 0 Å². The van der Waals surface area contributed by atoms with Gasteiger partial charge in [0, 0.05) is 6.04 Å². The van der Waals surface area contributed by atoms with E-state index in [-0.39, 0.29) is 12.6 Å². The zero-order valence-corrected chi connectivity index (χ0v) is 10.3. The van der Waals surface area contributed by atoms with Crippen LogP contribution in [0, 0.1) is 11.8 Å². The molecule has 1 atom stereocenters. The number of rotatable bonds is 5. The monoisotopic (exact) mass is 213 g/mol. The summed E-state index contributed by atoms with van der Waals surface area (Å²) in [5.41, 5.74) is 0. The summed E-state index contributed by atoms with van der Waals surface area (Å²) in [6.45, 7) is 5.70. The molecule has 0 aliphatic heterocycles. The number of hydrogen-bond donors (Lipinski definition) is 2. The second-order valence-corrected chi connectivity index (χ2v) is 5.30. The van der Waals surface area contributed by atoms with Crippen molar-refractivity contribution < 1.29 is 5.11 Å². The van der Waals surface area contributed by atoms with Crippen molar-refractivity contribution in [2.24, 2.45) is 11.8 Å². The minimum absolute atomic E-state index is 0.268. The molecule has 0 radical (unpaired) electrons. The fourth-order valence-corrected chi connectivity index (χ4v) is 2.40. The number of hydrogen-bond acceptors (Lipinski definition) is 2. The topological polar surface area (TPSA) is 32.3 Å². The average molecular weight is 213 g/mol. The fourth-order valence-electron chi connectivity index (χ4n) is 2.40. The van der Waals surface area contributed by atoms with Crippen molar-refractivity contribution in [2.75, 3.05) is 13.2 Å². The summed E-state index contributed by atoms with van der Waals surface area (Å²) in [7, 11) is 0. The van der Waals surface area contributed by atoms with E-state index >= 15 is 0 Å². The summed E-state index contributed by atoms with van der Waals surface area (Å²) < 4.78 is 0. The van der Waals surface area contributed by atoms with E-state index in [1.54, 1.807) is 0 Å². The van der Waals surface area contributed by atoms with Gasteiger partial charge >= 0.3 is 0 Å². The molecule has 15 heavy (non-hydrogen) atoms. The molecule has 2 heteroatoms. The van der Waals surface area contributed by atoms with E-state index in [2.05, 4.69) is 19.2 Å². The highest BCUT2D eigenvalue weighted by molar-refractivity contribution is 4.73. The van der Waals surface area contributed by atoms with Crippen molar-refractivity contribution in [2.45, 2.75) is 58.4 Å². The molecule has 1 fully saturated rings. The Labute approximate surface area is 94.5 Å². The Morgan fingerprint density at radius 3 is 2.20 bits per heavy atom. The summed E-state index contributed by atoms with van der Waals surface area (Å²) in [6.07, 6.45) is 8.40. The van der Waals surface area contributed by atoms with Crippen LogP contribution in [0.3, 0.4) is 0 Å². The van der Waals surface area contributed by atoms with Gasteiger partial charge in [0.15, 0.2) is 0 Å². The summed E-state index contributed by atoms with van der Waals surface area (Å²) in [6, 6.07) is 0.285. The third kappa shape index (κ3) is 4.98. The highest BCUT2D eigenvalue weighted by atomic mass is 16.3. The molecule has 0 spiro atoms. The van der Waals surface area contributed by atoms with E-state index in [1.165, 1.54) is 38.5 Å². The molecule has 0 saturated heterocycles. The standard InChI is InChI=1S/C13H27NO/c1-11(2)13(10-15)14-9-12-7-5-3-4-6-8-12/h11-15H,3-10H2,1-2H3/t13-/m1/s1. The van der Waals surface area contributed by atoms with Crippen LogP contribution in [0.2, 0.25) is 0 Å². The highest BCUT2D eigenvalue weighted by Gasteiger charge is 2.16. The molecule has 0 aromatic rings. The van der Waals surface area contributed by atoms with E-state index in [0.717, 1.165) is 12.5 Å². The lowest BCUT2D eigenvalue weighted by molar-refractivity contribution is 0.203. The van der Waals surface area contributed by atoms with Crippen LogP contribution in [0.25, 0.3) is 0 Å². The maximum absolute atomic E-state index is 9.22. The van der Waals surface area contributed by atoms with Crippen LogP contribution in [0.1, 0.15) is 52.4 Å². The minimum atomic E-state index is 0.268. The van der Waals surface area contributed by atoms with Gasteiger partial charge in [-0.05, 0) is 31.2 Å². The molecule has 90 valence electrons. The molecule has 1 aliphatic rings. The first-order valence-electron chi connectivity index (χ1n) is 6.58. The SMILES string of the molecule is CC(C)[C@@H](CO)NCC1CCCCCC1. The first-order valence-corrected chi connectivity index (χ1v) is 6.58. The van der Waals surface area contributed by atoms with Gasteiger partial charge in [0.05, 0.1) is 6.61 Å². The molecule has 1 rings (SSSR count). The molecule has 0 unspecified atom stereocenters. The predicted molar refractivity (Wildman–Crippen MR) is 64.9 cm³/mol. The van der Waals surface area contributed by atoms with Crippen molar-refractivity contribution >= 4 is 0 Å². The predicted octanol–water partition coefficient (Wildman–Crippen LogP) is 2.56. The van der Waals surface area contributed by atoms with Gasteiger partial charge in [-0.15, -0.1) is 0 Å². The summed E-state index contributed by atoms with van der Waals surface area (Å²) >= 11 is 0. The molecule has 2 N–H and O–H groups in total. The second-order valence-electron chi connectivity index (χ2n) is 5.30. The number of aliphatic hydroxyl groups is 1. The molecule has 1 saturated carbocycles. The highest BCUT2D eigenvalue weighted by Crippen LogP contribution is 2.22. The summed E-state index contributed by atoms with van der Waals surface area (Å²) in [4.78, 5) is 0. The van der Waals surface area contributed by atoms with Crippen LogP contribution >= 0.6 is 0 Å². The minimum Gasteiger partial charge on any atom is -0.395 e. The van der Waals surface area contributed by atoms with Crippen LogP contribution < -0.4 is 5.32 Å². The lowest BCUT2D eigenvalue weighted by atomic mass is 9.98. The fraction of sp³-hybridized carbons (Fsp3) is 1.00. The molecule has 0 amide bonds. The average Bonchev–Trinajstić information content (AvgIpc) is 2.46. The summed E-state index contributed by atoms with van der Waals surface area (Å²) in [5, 5.41) is 12.7. The van der Waals surface area contributed by atoms with Gasteiger partial charge < -0.3 is 10.4 Å². The van der Waals surface area contributed by atoms with Crippen LogP contribution in [-0.2, 0) is 0 Å². The van der Waals surface area contributed by atoms with Gasteiger partial charge in [0.25, 0.3) is 0 Å². The van der Waals surface area contributed by atoms with E-state index in [1.807, 2.05) is 0 Å². The molecular formula is C13H27NO. The zero-order chi connectivity index (χ0) is 11.1. The molecule has 1 aliphatic carbocycles. The molecule has 0 heterocycles. The van der Waals surface area contributed by atoms with Gasteiger partial charge in [0.1, 0.15) is 0 Å². The largest absolute Gasteiger partial charge is 0.395 e. The molecule has 2 nitrogen and oxygen atoms in total. The quantitative estimate of drug-likeness (QED) is 0.688. The van der Waals surface area contributed by atoms with E-state index in [0.29, 0.717) is 5.92 Å². The number of nitrogens with one attached hydrogen (secondary N) is 1. The van der Waals surface area contributed by atoms with Crippen molar-refractivity contribution in [1.82, 2.24) is 5.32 Å².